The summed E-state index contributed by atoms with van der Waals surface area (Å²) < 4.78 is 0. The van der Waals surface area contributed by atoms with Crippen LogP contribution < -0.4 is 0 Å². The zero-order chi connectivity index (χ0) is 16.4. The molecular weight excluding hydrogens is 290 g/mol. The quantitative estimate of drug-likeness (QED) is 0.592. The Kier molecular flexibility index (Phi) is 4.70. The minimum atomic E-state index is 0.363. The van der Waals surface area contributed by atoms with Crippen molar-refractivity contribution in [1.82, 2.24) is 4.98 Å². The van der Waals surface area contributed by atoms with Crippen LogP contribution in [0.1, 0.15) is 94.4 Å². The van der Waals surface area contributed by atoms with E-state index in [2.05, 4.69) is 30.1 Å². The van der Waals surface area contributed by atoms with Gasteiger partial charge < -0.3 is 4.98 Å². The molecule has 1 nitrogen and oxygen atoms in total. The van der Waals surface area contributed by atoms with Crippen molar-refractivity contribution in [3.63, 3.8) is 0 Å². The second-order valence-corrected chi connectivity index (χ2v) is 8.55. The van der Waals surface area contributed by atoms with Gasteiger partial charge in [-0.2, -0.15) is 0 Å². The van der Waals surface area contributed by atoms with Crippen LogP contribution in [0.4, 0.5) is 0 Å². The zero-order valence-electron chi connectivity index (χ0n) is 15.4. The van der Waals surface area contributed by atoms with Gasteiger partial charge in [-0.15, -0.1) is 0 Å². The lowest BCUT2D eigenvalue weighted by Crippen LogP contribution is -2.22. The van der Waals surface area contributed by atoms with Gasteiger partial charge in [0.2, 0.25) is 0 Å². The van der Waals surface area contributed by atoms with E-state index in [1.807, 2.05) is 0 Å². The van der Waals surface area contributed by atoms with Gasteiger partial charge in [0.15, 0.2) is 0 Å². The van der Waals surface area contributed by atoms with Gasteiger partial charge in [-0.05, 0) is 54.7 Å². The van der Waals surface area contributed by atoms with Crippen molar-refractivity contribution in [2.75, 3.05) is 0 Å². The lowest BCUT2D eigenvalue weighted by molar-refractivity contribution is 0.373. The molecule has 2 aliphatic carbocycles. The van der Waals surface area contributed by atoms with Crippen LogP contribution >= 0.6 is 0 Å². The number of aromatic amines is 1. The third-order valence-corrected chi connectivity index (χ3v) is 6.73. The van der Waals surface area contributed by atoms with Crippen LogP contribution in [0.25, 0.3) is 10.9 Å². The van der Waals surface area contributed by atoms with E-state index >= 15 is 0 Å². The maximum Gasteiger partial charge on any atom is 0.0461 e. The number of aromatic nitrogens is 1. The Bertz CT molecular complexity index is 681. The van der Waals surface area contributed by atoms with Crippen molar-refractivity contribution in [3.05, 3.63) is 35.0 Å². The number of nitrogens with one attached hydrogen (secondary N) is 1. The first-order chi connectivity index (χ1) is 11.8. The molecule has 24 heavy (non-hydrogen) atoms. The van der Waals surface area contributed by atoms with Gasteiger partial charge in [-0.3, -0.25) is 0 Å². The van der Waals surface area contributed by atoms with Gasteiger partial charge in [0.1, 0.15) is 0 Å². The van der Waals surface area contributed by atoms with E-state index in [0.717, 1.165) is 0 Å². The summed E-state index contributed by atoms with van der Waals surface area (Å²) in [7, 11) is 0. The highest BCUT2D eigenvalue weighted by atomic mass is 14.7. The van der Waals surface area contributed by atoms with Crippen LogP contribution in [0.3, 0.4) is 0 Å². The van der Waals surface area contributed by atoms with Crippen LogP contribution in [0.5, 0.6) is 0 Å². The SMILES string of the molecule is CC1(c2cccc3[nH]c4c(c23)CCC4)CCCCCCCCCC1. The first kappa shape index (κ1) is 16.2. The van der Waals surface area contributed by atoms with Crippen LogP contribution in [-0.2, 0) is 18.3 Å². The molecule has 0 saturated heterocycles. The van der Waals surface area contributed by atoms with E-state index in [-0.39, 0.29) is 0 Å². The third-order valence-electron chi connectivity index (χ3n) is 6.73. The smallest absolute Gasteiger partial charge is 0.0461 e. The molecule has 0 spiro atoms. The summed E-state index contributed by atoms with van der Waals surface area (Å²) in [6.07, 6.45) is 18.1. The molecule has 1 heterocycles. The molecule has 0 aliphatic heterocycles. The van der Waals surface area contributed by atoms with Crippen molar-refractivity contribution in [2.45, 2.75) is 95.8 Å². The molecular formula is C23H33N. The van der Waals surface area contributed by atoms with Crippen LogP contribution in [0, 0.1) is 0 Å². The van der Waals surface area contributed by atoms with E-state index in [1.165, 1.54) is 94.7 Å². The zero-order valence-corrected chi connectivity index (χ0v) is 15.4. The lowest BCUT2D eigenvalue weighted by atomic mass is 9.72. The average molecular weight is 324 g/mol. The van der Waals surface area contributed by atoms with Crippen molar-refractivity contribution in [3.8, 4) is 0 Å². The highest BCUT2D eigenvalue weighted by Gasteiger charge is 2.30. The molecule has 130 valence electrons. The second kappa shape index (κ2) is 6.94. The van der Waals surface area contributed by atoms with Gasteiger partial charge in [0.25, 0.3) is 0 Å². The summed E-state index contributed by atoms with van der Waals surface area (Å²) in [5.41, 5.74) is 6.59. The van der Waals surface area contributed by atoms with Crippen molar-refractivity contribution in [1.29, 1.82) is 0 Å². The standard InChI is InChI=1S/C23H33N/c1-23(16-8-6-4-2-3-5-7-9-17-23)19-13-11-15-21-22(19)18-12-10-14-20(18)24-21/h11,13,15,24H,2-10,12,14,16-17H2,1H3. The topological polar surface area (TPSA) is 15.8 Å². The summed E-state index contributed by atoms with van der Waals surface area (Å²) in [4.78, 5) is 3.73. The molecule has 1 saturated carbocycles. The normalized spacial score (nSPS) is 22.2. The molecule has 2 aliphatic rings. The first-order valence-corrected chi connectivity index (χ1v) is 10.4. The van der Waals surface area contributed by atoms with E-state index in [0.29, 0.717) is 5.41 Å². The van der Waals surface area contributed by atoms with Crippen molar-refractivity contribution >= 4 is 10.9 Å². The molecule has 1 heteroatoms. The molecule has 0 unspecified atom stereocenters. The minimum Gasteiger partial charge on any atom is -0.358 e. The Morgan fingerprint density at radius 2 is 1.46 bits per heavy atom. The largest absolute Gasteiger partial charge is 0.358 e. The van der Waals surface area contributed by atoms with Crippen molar-refractivity contribution < 1.29 is 0 Å². The molecule has 0 radical (unpaired) electrons. The molecule has 0 amide bonds. The van der Waals surface area contributed by atoms with E-state index < -0.39 is 0 Å². The van der Waals surface area contributed by atoms with Gasteiger partial charge in [-0.1, -0.05) is 70.4 Å². The maximum absolute atomic E-state index is 3.73. The fraction of sp³-hybridized carbons (Fsp3) is 0.652. The molecule has 4 rings (SSSR count). The van der Waals surface area contributed by atoms with Gasteiger partial charge in [0.05, 0.1) is 0 Å². The Hall–Kier alpha value is -1.24. The number of rotatable bonds is 1. The third kappa shape index (κ3) is 3.03. The van der Waals surface area contributed by atoms with Crippen LogP contribution in [-0.4, -0.2) is 4.98 Å². The fourth-order valence-corrected chi connectivity index (χ4v) is 5.29. The Labute approximate surface area is 147 Å². The first-order valence-electron chi connectivity index (χ1n) is 10.4. The number of aryl methyl sites for hydroxylation is 2. The number of hydrogen-bond acceptors (Lipinski definition) is 0. The van der Waals surface area contributed by atoms with E-state index in [9.17, 15) is 0 Å². The van der Waals surface area contributed by atoms with Gasteiger partial charge in [-0.25, -0.2) is 0 Å². The van der Waals surface area contributed by atoms with Gasteiger partial charge >= 0.3 is 0 Å². The minimum absolute atomic E-state index is 0.363. The number of hydrogen-bond donors (Lipinski definition) is 1. The maximum atomic E-state index is 3.73. The summed E-state index contributed by atoms with van der Waals surface area (Å²) in [6, 6.07) is 7.04. The number of H-pyrrole nitrogens is 1. The molecule has 2 aromatic rings. The summed E-state index contributed by atoms with van der Waals surface area (Å²) >= 11 is 0. The Morgan fingerprint density at radius 3 is 2.17 bits per heavy atom. The predicted octanol–water partition coefficient (Wildman–Crippen LogP) is 6.83. The molecule has 0 bridgehead atoms. The summed E-state index contributed by atoms with van der Waals surface area (Å²) in [6.45, 7) is 2.56. The Morgan fingerprint density at radius 1 is 0.792 bits per heavy atom. The molecule has 1 aromatic heterocycles. The van der Waals surface area contributed by atoms with Crippen LogP contribution in [0.15, 0.2) is 18.2 Å². The lowest BCUT2D eigenvalue weighted by Gasteiger charge is -2.32. The van der Waals surface area contributed by atoms with E-state index in [1.54, 1.807) is 16.5 Å². The monoisotopic (exact) mass is 323 g/mol. The molecule has 1 N–H and O–H groups in total. The average Bonchev–Trinajstić information content (AvgIpc) is 3.15. The Balaban J connectivity index is 1.72. The highest BCUT2D eigenvalue weighted by Crippen LogP contribution is 2.42. The summed E-state index contributed by atoms with van der Waals surface area (Å²) in [5, 5.41) is 1.60. The van der Waals surface area contributed by atoms with Crippen molar-refractivity contribution in [2.24, 2.45) is 0 Å². The predicted molar refractivity (Wildman–Crippen MR) is 104 cm³/mol. The number of benzene rings is 1. The molecule has 0 atom stereocenters. The van der Waals surface area contributed by atoms with E-state index in [4.69, 9.17) is 0 Å². The molecule has 1 fully saturated rings. The fourth-order valence-electron chi connectivity index (χ4n) is 5.29. The van der Waals surface area contributed by atoms with Crippen LogP contribution in [0.2, 0.25) is 0 Å². The highest BCUT2D eigenvalue weighted by molar-refractivity contribution is 5.89. The second-order valence-electron chi connectivity index (χ2n) is 8.55. The number of fused-ring (bicyclic) bond motifs is 3. The molecule has 1 aromatic carbocycles. The summed E-state index contributed by atoms with van der Waals surface area (Å²) in [5.74, 6) is 0. The van der Waals surface area contributed by atoms with Gasteiger partial charge in [0, 0.05) is 16.6 Å².